The van der Waals surface area contributed by atoms with Gasteiger partial charge in [0.2, 0.25) is 5.91 Å². The van der Waals surface area contributed by atoms with Gasteiger partial charge in [0.05, 0.1) is 7.11 Å². The van der Waals surface area contributed by atoms with Crippen LogP contribution in [0.1, 0.15) is 18.1 Å². The van der Waals surface area contributed by atoms with Crippen molar-refractivity contribution in [1.82, 2.24) is 0 Å². The molecule has 1 amide bonds. The third-order valence-electron chi connectivity index (χ3n) is 4.45. The van der Waals surface area contributed by atoms with Crippen molar-refractivity contribution < 1.29 is 14.3 Å². The van der Waals surface area contributed by atoms with Gasteiger partial charge in [-0.2, -0.15) is 0 Å². The molecule has 0 atom stereocenters. The average molecular weight is 524 g/mol. The molecule has 0 saturated heterocycles. The minimum atomic E-state index is -0.108. The number of carbonyl (C=O) groups excluding carboxylic acids is 1. The van der Waals surface area contributed by atoms with Crippen molar-refractivity contribution in [3.05, 3.63) is 80.2 Å². The molecule has 2 N–H and O–H groups in total. The van der Waals surface area contributed by atoms with Crippen LogP contribution in [0.25, 0.3) is 0 Å². The molecule has 8 heteroatoms. The number of hydrogen-bond donors (Lipinski definition) is 2. The first-order valence-corrected chi connectivity index (χ1v) is 11.0. The molecule has 31 heavy (non-hydrogen) atoms. The van der Waals surface area contributed by atoms with Crippen LogP contribution >= 0.6 is 39.1 Å². The normalized spacial score (nSPS) is 10.5. The second-order valence-corrected chi connectivity index (χ2v) is 8.39. The molecule has 0 spiro atoms. The summed E-state index contributed by atoms with van der Waals surface area (Å²) in [6.07, 6.45) is 0. The van der Waals surface area contributed by atoms with E-state index in [9.17, 15) is 4.79 Å². The fourth-order valence-electron chi connectivity index (χ4n) is 2.92. The standard InChI is InChI=1S/C23H21BrCl2N2O3/c1-14(29)28-18-7-5-17(6-8-18)27-12-19-20(24)9-10-22(30-2)23(19)31-13-15-3-4-16(25)11-21(15)26/h3-11,27H,12-13H2,1-2H3,(H,28,29). The van der Waals surface area contributed by atoms with Crippen molar-refractivity contribution in [3.8, 4) is 11.5 Å². The zero-order valence-electron chi connectivity index (χ0n) is 17.0. The molecule has 162 valence electrons. The highest BCUT2D eigenvalue weighted by molar-refractivity contribution is 9.10. The fraction of sp³-hybridized carbons (Fsp3) is 0.174. The summed E-state index contributed by atoms with van der Waals surface area (Å²) in [4.78, 5) is 11.2. The summed E-state index contributed by atoms with van der Waals surface area (Å²) in [5.74, 6) is 1.12. The van der Waals surface area contributed by atoms with Crippen LogP contribution in [0.15, 0.2) is 59.1 Å². The van der Waals surface area contributed by atoms with Crippen LogP contribution in [-0.2, 0) is 17.9 Å². The Bertz CT molecular complexity index is 1080. The SMILES string of the molecule is COc1ccc(Br)c(CNc2ccc(NC(C)=O)cc2)c1OCc1ccc(Cl)cc1Cl. The maximum Gasteiger partial charge on any atom is 0.221 e. The molecule has 0 heterocycles. The first kappa shape index (κ1) is 23.3. The Kier molecular flexibility index (Phi) is 8.07. The molecule has 0 saturated carbocycles. The number of rotatable bonds is 8. The van der Waals surface area contributed by atoms with E-state index in [-0.39, 0.29) is 12.5 Å². The van der Waals surface area contributed by atoms with Crippen LogP contribution in [-0.4, -0.2) is 13.0 Å². The number of anilines is 2. The summed E-state index contributed by atoms with van der Waals surface area (Å²) in [6.45, 7) is 2.23. The number of amides is 1. The topological polar surface area (TPSA) is 59.6 Å². The Morgan fingerprint density at radius 3 is 2.39 bits per heavy atom. The van der Waals surface area contributed by atoms with Gasteiger partial charge in [0, 0.05) is 50.5 Å². The number of benzene rings is 3. The van der Waals surface area contributed by atoms with Gasteiger partial charge in [-0.05, 0) is 48.5 Å². The highest BCUT2D eigenvalue weighted by Crippen LogP contribution is 2.38. The van der Waals surface area contributed by atoms with E-state index in [0.29, 0.717) is 28.1 Å². The maximum absolute atomic E-state index is 11.2. The summed E-state index contributed by atoms with van der Waals surface area (Å²) >= 11 is 15.9. The quantitative estimate of drug-likeness (QED) is 0.336. The number of methoxy groups -OCH3 is 1. The molecule has 0 aliphatic carbocycles. The molecule has 0 radical (unpaired) electrons. The molecular formula is C23H21BrCl2N2O3. The zero-order valence-corrected chi connectivity index (χ0v) is 20.1. The van der Waals surface area contributed by atoms with E-state index in [0.717, 1.165) is 27.0 Å². The van der Waals surface area contributed by atoms with Crippen LogP contribution in [0.2, 0.25) is 10.0 Å². The lowest BCUT2D eigenvalue weighted by atomic mass is 10.1. The van der Waals surface area contributed by atoms with Gasteiger partial charge in [-0.25, -0.2) is 0 Å². The molecule has 0 unspecified atom stereocenters. The van der Waals surface area contributed by atoms with Gasteiger partial charge < -0.3 is 20.1 Å². The monoisotopic (exact) mass is 522 g/mol. The van der Waals surface area contributed by atoms with E-state index in [4.69, 9.17) is 32.7 Å². The molecule has 0 bridgehead atoms. The van der Waals surface area contributed by atoms with Crippen LogP contribution in [0.5, 0.6) is 11.5 Å². The Morgan fingerprint density at radius 2 is 1.74 bits per heavy atom. The van der Waals surface area contributed by atoms with Crippen molar-refractivity contribution in [3.63, 3.8) is 0 Å². The van der Waals surface area contributed by atoms with E-state index >= 15 is 0 Å². The van der Waals surface area contributed by atoms with Crippen LogP contribution in [0, 0.1) is 0 Å². The van der Waals surface area contributed by atoms with Crippen LogP contribution in [0.3, 0.4) is 0 Å². The largest absolute Gasteiger partial charge is 0.493 e. The van der Waals surface area contributed by atoms with E-state index in [1.165, 1.54) is 6.92 Å². The lowest BCUT2D eigenvalue weighted by Gasteiger charge is -2.18. The first-order chi connectivity index (χ1) is 14.9. The molecule has 3 aromatic carbocycles. The number of nitrogens with one attached hydrogen (secondary N) is 2. The van der Waals surface area contributed by atoms with Crippen molar-refractivity contribution >= 4 is 56.4 Å². The molecule has 0 fully saturated rings. The van der Waals surface area contributed by atoms with Gasteiger partial charge in [-0.15, -0.1) is 0 Å². The smallest absolute Gasteiger partial charge is 0.221 e. The van der Waals surface area contributed by atoms with Gasteiger partial charge in [0.25, 0.3) is 0 Å². The van der Waals surface area contributed by atoms with Gasteiger partial charge in [-0.3, -0.25) is 4.79 Å². The predicted molar refractivity (Wildman–Crippen MR) is 130 cm³/mol. The number of carbonyl (C=O) groups is 1. The number of halogens is 3. The van der Waals surface area contributed by atoms with E-state index in [2.05, 4.69) is 26.6 Å². The minimum Gasteiger partial charge on any atom is -0.493 e. The lowest BCUT2D eigenvalue weighted by molar-refractivity contribution is -0.114. The second-order valence-electron chi connectivity index (χ2n) is 6.69. The average Bonchev–Trinajstić information content (AvgIpc) is 2.73. The zero-order chi connectivity index (χ0) is 22.4. The second kappa shape index (κ2) is 10.8. The third kappa shape index (κ3) is 6.29. The molecular weight excluding hydrogens is 503 g/mol. The van der Waals surface area contributed by atoms with Crippen molar-refractivity contribution in [2.45, 2.75) is 20.1 Å². The van der Waals surface area contributed by atoms with Crippen molar-refractivity contribution in [2.75, 3.05) is 17.7 Å². The Morgan fingerprint density at radius 1 is 1.03 bits per heavy atom. The molecule has 0 aromatic heterocycles. The highest BCUT2D eigenvalue weighted by atomic mass is 79.9. The van der Waals surface area contributed by atoms with E-state index < -0.39 is 0 Å². The summed E-state index contributed by atoms with van der Waals surface area (Å²) < 4.78 is 12.5. The van der Waals surface area contributed by atoms with Crippen molar-refractivity contribution in [2.24, 2.45) is 0 Å². The van der Waals surface area contributed by atoms with Crippen LogP contribution in [0.4, 0.5) is 11.4 Å². The Labute approximate surface area is 199 Å². The molecule has 3 aromatic rings. The predicted octanol–water partition coefficient (Wildman–Crippen LogP) is 6.91. The number of ether oxygens (including phenoxy) is 2. The van der Waals surface area contributed by atoms with Gasteiger partial charge in [0.1, 0.15) is 6.61 Å². The summed E-state index contributed by atoms with van der Waals surface area (Å²) in [7, 11) is 1.60. The summed E-state index contributed by atoms with van der Waals surface area (Å²) in [5.41, 5.74) is 3.36. The fourth-order valence-corrected chi connectivity index (χ4v) is 3.84. The molecule has 5 nitrogen and oxygen atoms in total. The minimum absolute atomic E-state index is 0.108. The van der Waals surface area contributed by atoms with E-state index in [1.807, 2.05) is 42.5 Å². The summed E-state index contributed by atoms with van der Waals surface area (Å²) in [6, 6.07) is 16.5. The maximum atomic E-state index is 11.2. The van der Waals surface area contributed by atoms with Crippen LogP contribution < -0.4 is 20.1 Å². The van der Waals surface area contributed by atoms with Gasteiger partial charge in [-0.1, -0.05) is 45.2 Å². The number of hydrogen-bond acceptors (Lipinski definition) is 4. The van der Waals surface area contributed by atoms with Gasteiger partial charge >= 0.3 is 0 Å². The van der Waals surface area contributed by atoms with Gasteiger partial charge in [0.15, 0.2) is 11.5 Å². The first-order valence-electron chi connectivity index (χ1n) is 9.41. The van der Waals surface area contributed by atoms with Crippen molar-refractivity contribution in [1.29, 1.82) is 0 Å². The lowest BCUT2D eigenvalue weighted by Crippen LogP contribution is -2.07. The Balaban J connectivity index is 1.78. The Hall–Kier alpha value is -2.41. The van der Waals surface area contributed by atoms with E-state index in [1.54, 1.807) is 19.2 Å². The third-order valence-corrected chi connectivity index (χ3v) is 5.78. The molecule has 0 aliphatic rings. The molecule has 3 rings (SSSR count). The summed E-state index contributed by atoms with van der Waals surface area (Å²) in [5, 5.41) is 7.23. The molecule has 0 aliphatic heterocycles. The highest BCUT2D eigenvalue weighted by Gasteiger charge is 2.16.